The number of anilines is 1. The second-order valence-electron chi connectivity index (χ2n) is 4.50. The van der Waals surface area contributed by atoms with Crippen molar-refractivity contribution >= 4 is 16.5 Å². The minimum Gasteiger partial charge on any atom is -0.489 e. The lowest BCUT2D eigenvalue weighted by molar-refractivity contribution is 0.307. The molecule has 0 bridgehead atoms. The van der Waals surface area contributed by atoms with E-state index in [4.69, 9.17) is 10.5 Å². The van der Waals surface area contributed by atoms with E-state index in [-0.39, 0.29) is 0 Å². The van der Waals surface area contributed by atoms with Gasteiger partial charge in [-0.2, -0.15) is 0 Å². The molecule has 2 N–H and O–H groups in total. The predicted octanol–water partition coefficient (Wildman–Crippen LogP) is 4.00. The van der Waals surface area contributed by atoms with Crippen LogP contribution in [0.5, 0.6) is 5.75 Å². The summed E-state index contributed by atoms with van der Waals surface area (Å²) >= 11 is 0. The minimum atomic E-state index is 0.491. The van der Waals surface area contributed by atoms with E-state index in [0.717, 1.165) is 17.0 Å². The van der Waals surface area contributed by atoms with Crippen LogP contribution in [-0.2, 0) is 6.61 Å². The summed E-state index contributed by atoms with van der Waals surface area (Å²) in [4.78, 5) is 0. The zero-order chi connectivity index (χ0) is 13.1. The summed E-state index contributed by atoms with van der Waals surface area (Å²) in [6.45, 7) is 0.491. The molecule has 0 heterocycles. The number of benzene rings is 3. The van der Waals surface area contributed by atoms with E-state index in [0.29, 0.717) is 6.61 Å². The topological polar surface area (TPSA) is 35.2 Å². The minimum absolute atomic E-state index is 0.491. The van der Waals surface area contributed by atoms with E-state index < -0.39 is 0 Å². The molecule has 0 aliphatic carbocycles. The molecule has 3 aromatic carbocycles. The second-order valence-corrected chi connectivity index (χ2v) is 4.50. The maximum absolute atomic E-state index is 5.90. The fourth-order valence-corrected chi connectivity index (χ4v) is 2.08. The summed E-state index contributed by atoms with van der Waals surface area (Å²) in [7, 11) is 0. The summed E-state index contributed by atoms with van der Waals surface area (Å²) < 4.78 is 5.80. The van der Waals surface area contributed by atoms with Crippen LogP contribution in [0.3, 0.4) is 0 Å². The van der Waals surface area contributed by atoms with Crippen molar-refractivity contribution in [2.75, 3.05) is 5.73 Å². The molecule has 0 fully saturated rings. The molecule has 0 aliphatic heterocycles. The molecule has 0 unspecified atom stereocenters. The van der Waals surface area contributed by atoms with E-state index in [1.807, 2.05) is 42.5 Å². The smallest absolute Gasteiger partial charge is 0.120 e. The third-order valence-corrected chi connectivity index (χ3v) is 3.17. The SMILES string of the molecule is Nc1ccccc1COc1ccc2ccccc2c1. The van der Waals surface area contributed by atoms with Crippen molar-refractivity contribution in [2.24, 2.45) is 0 Å². The van der Waals surface area contributed by atoms with Crippen LogP contribution in [-0.4, -0.2) is 0 Å². The third kappa shape index (κ3) is 2.52. The van der Waals surface area contributed by atoms with Gasteiger partial charge in [-0.1, -0.05) is 48.5 Å². The van der Waals surface area contributed by atoms with E-state index in [1.165, 1.54) is 10.8 Å². The fraction of sp³-hybridized carbons (Fsp3) is 0.0588. The lowest BCUT2D eigenvalue weighted by Gasteiger charge is -2.09. The van der Waals surface area contributed by atoms with Gasteiger partial charge >= 0.3 is 0 Å². The number of nitrogen functional groups attached to an aromatic ring is 1. The highest BCUT2D eigenvalue weighted by Gasteiger charge is 2.00. The molecule has 0 saturated heterocycles. The van der Waals surface area contributed by atoms with Crippen molar-refractivity contribution in [3.8, 4) is 5.75 Å². The van der Waals surface area contributed by atoms with Crippen molar-refractivity contribution in [3.05, 3.63) is 72.3 Å². The molecular formula is C17H15NO. The summed E-state index contributed by atoms with van der Waals surface area (Å²) in [5, 5.41) is 2.40. The lowest BCUT2D eigenvalue weighted by Crippen LogP contribution is -1.99. The van der Waals surface area contributed by atoms with Crippen molar-refractivity contribution in [2.45, 2.75) is 6.61 Å². The Morgan fingerprint density at radius 1 is 0.789 bits per heavy atom. The largest absolute Gasteiger partial charge is 0.489 e. The van der Waals surface area contributed by atoms with Gasteiger partial charge < -0.3 is 10.5 Å². The van der Waals surface area contributed by atoms with Crippen LogP contribution in [0.2, 0.25) is 0 Å². The van der Waals surface area contributed by atoms with Gasteiger partial charge in [-0.3, -0.25) is 0 Å². The Kier molecular flexibility index (Phi) is 3.07. The zero-order valence-corrected chi connectivity index (χ0v) is 10.5. The Morgan fingerprint density at radius 2 is 1.53 bits per heavy atom. The van der Waals surface area contributed by atoms with Crippen LogP contribution in [0.25, 0.3) is 10.8 Å². The molecule has 3 rings (SSSR count). The normalized spacial score (nSPS) is 10.5. The van der Waals surface area contributed by atoms with Crippen LogP contribution in [0, 0.1) is 0 Å². The third-order valence-electron chi connectivity index (χ3n) is 3.17. The maximum Gasteiger partial charge on any atom is 0.120 e. The molecule has 2 nitrogen and oxygen atoms in total. The number of rotatable bonds is 3. The summed E-state index contributed by atoms with van der Waals surface area (Å²) in [6.07, 6.45) is 0. The van der Waals surface area contributed by atoms with E-state index in [2.05, 4.69) is 24.3 Å². The maximum atomic E-state index is 5.90. The number of fused-ring (bicyclic) bond motifs is 1. The lowest BCUT2D eigenvalue weighted by atomic mass is 10.1. The number of para-hydroxylation sites is 1. The molecule has 0 amide bonds. The summed E-state index contributed by atoms with van der Waals surface area (Å²) in [5.41, 5.74) is 7.67. The zero-order valence-electron chi connectivity index (χ0n) is 10.5. The second kappa shape index (κ2) is 5.02. The van der Waals surface area contributed by atoms with Crippen molar-refractivity contribution < 1.29 is 4.74 Å². The number of hydrogen-bond acceptors (Lipinski definition) is 2. The van der Waals surface area contributed by atoms with Crippen molar-refractivity contribution in [1.29, 1.82) is 0 Å². The number of nitrogens with two attached hydrogens (primary N) is 1. The van der Waals surface area contributed by atoms with Gasteiger partial charge in [0.1, 0.15) is 12.4 Å². The Bertz CT molecular complexity index is 706. The van der Waals surface area contributed by atoms with Gasteiger partial charge in [-0.15, -0.1) is 0 Å². The number of hydrogen-bond donors (Lipinski definition) is 1. The highest BCUT2D eigenvalue weighted by molar-refractivity contribution is 5.83. The van der Waals surface area contributed by atoms with Crippen LogP contribution >= 0.6 is 0 Å². The van der Waals surface area contributed by atoms with E-state index in [1.54, 1.807) is 0 Å². The van der Waals surface area contributed by atoms with Crippen LogP contribution in [0.1, 0.15) is 5.56 Å². The first-order valence-corrected chi connectivity index (χ1v) is 6.28. The average molecular weight is 249 g/mol. The molecule has 0 spiro atoms. The van der Waals surface area contributed by atoms with E-state index >= 15 is 0 Å². The van der Waals surface area contributed by atoms with E-state index in [9.17, 15) is 0 Å². The monoisotopic (exact) mass is 249 g/mol. The molecular weight excluding hydrogens is 234 g/mol. The van der Waals surface area contributed by atoms with Gasteiger partial charge in [0.05, 0.1) is 0 Å². The van der Waals surface area contributed by atoms with Gasteiger partial charge in [0, 0.05) is 11.3 Å². The highest BCUT2D eigenvalue weighted by Crippen LogP contribution is 2.22. The van der Waals surface area contributed by atoms with Crippen molar-refractivity contribution in [3.63, 3.8) is 0 Å². The van der Waals surface area contributed by atoms with Gasteiger partial charge in [0.25, 0.3) is 0 Å². The van der Waals surface area contributed by atoms with Crippen LogP contribution < -0.4 is 10.5 Å². The first kappa shape index (κ1) is 11.6. The number of ether oxygens (including phenoxy) is 1. The fourth-order valence-electron chi connectivity index (χ4n) is 2.08. The first-order chi connectivity index (χ1) is 9.33. The predicted molar refractivity (Wildman–Crippen MR) is 79.1 cm³/mol. The van der Waals surface area contributed by atoms with Gasteiger partial charge in [0.15, 0.2) is 0 Å². The molecule has 2 heteroatoms. The average Bonchev–Trinajstić information content (AvgIpc) is 2.46. The molecule has 3 aromatic rings. The van der Waals surface area contributed by atoms with Crippen LogP contribution in [0.4, 0.5) is 5.69 Å². The molecule has 0 saturated carbocycles. The van der Waals surface area contributed by atoms with Crippen molar-refractivity contribution in [1.82, 2.24) is 0 Å². The van der Waals surface area contributed by atoms with Crippen LogP contribution in [0.15, 0.2) is 66.7 Å². The van der Waals surface area contributed by atoms with Gasteiger partial charge in [-0.05, 0) is 29.0 Å². The Morgan fingerprint density at radius 3 is 2.37 bits per heavy atom. The molecule has 0 atom stereocenters. The molecule has 0 aliphatic rings. The molecule has 0 radical (unpaired) electrons. The summed E-state index contributed by atoms with van der Waals surface area (Å²) in [6, 6.07) is 22.1. The Balaban J connectivity index is 1.80. The summed E-state index contributed by atoms with van der Waals surface area (Å²) in [5.74, 6) is 0.863. The molecule has 94 valence electrons. The quantitative estimate of drug-likeness (QED) is 0.712. The Hall–Kier alpha value is -2.48. The highest BCUT2D eigenvalue weighted by atomic mass is 16.5. The Labute approximate surface area is 112 Å². The molecule has 0 aromatic heterocycles. The van der Waals surface area contributed by atoms with Gasteiger partial charge in [0.2, 0.25) is 0 Å². The van der Waals surface area contributed by atoms with Gasteiger partial charge in [-0.25, -0.2) is 0 Å². The molecule has 19 heavy (non-hydrogen) atoms. The first-order valence-electron chi connectivity index (χ1n) is 6.28. The standard InChI is InChI=1S/C17H15NO/c18-17-8-4-3-7-15(17)12-19-16-10-9-13-5-1-2-6-14(13)11-16/h1-11H,12,18H2.